The topological polar surface area (TPSA) is 57.2 Å². The van der Waals surface area contributed by atoms with E-state index in [9.17, 15) is 9.18 Å². The largest absolute Gasteiger partial charge is 0.468 e. The van der Waals surface area contributed by atoms with Gasteiger partial charge in [-0.3, -0.25) is 0 Å². The summed E-state index contributed by atoms with van der Waals surface area (Å²) in [6, 6.07) is 5.63. The van der Waals surface area contributed by atoms with Gasteiger partial charge in [-0.05, 0) is 26.0 Å². The van der Waals surface area contributed by atoms with E-state index in [0.717, 1.165) is 5.39 Å². The summed E-state index contributed by atoms with van der Waals surface area (Å²) in [7, 11) is 1.28. The maximum absolute atomic E-state index is 14.0. The minimum atomic E-state index is -0.917. The summed E-state index contributed by atoms with van der Waals surface area (Å²) < 4.78 is 20.4. The molecule has 0 amide bonds. The minimum Gasteiger partial charge on any atom is -0.468 e. The van der Waals surface area contributed by atoms with E-state index in [-0.39, 0.29) is 11.9 Å². The van der Waals surface area contributed by atoms with E-state index in [1.165, 1.54) is 13.2 Å². The summed E-state index contributed by atoms with van der Waals surface area (Å²) in [5.41, 5.74) is 6.91. The molecule has 1 aromatic heterocycles. The Morgan fingerprint density at radius 2 is 2.11 bits per heavy atom. The maximum atomic E-state index is 14.0. The molecule has 1 atom stereocenters. The molecule has 0 aliphatic carbocycles. The fourth-order valence-corrected chi connectivity index (χ4v) is 2.30. The van der Waals surface area contributed by atoms with Crippen LogP contribution < -0.4 is 5.73 Å². The number of methoxy groups -OCH3 is 1. The second-order valence-corrected chi connectivity index (χ2v) is 4.71. The molecule has 0 aliphatic rings. The summed E-state index contributed by atoms with van der Waals surface area (Å²) >= 11 is 0. The first-order valence-electron chi connectivity index (χ1n) is 6.10. The van der Waals surface area contributed by atoms with Gasteiger partial charge >= 0.3 is 5.97 Å². The van der Waals surface area contributed by atoms with E-state index in [4.69, 9.17) is 5.73 Å². The highest BCUT2D eigenvalue weighted by molar-refractivity contribution is 5.85. The van der Waals surface area contributed by atoms with E-state index < -0.39 is 12.0 Å². The number of halogens is 1. The van der Waals surface area contributed by atoms with Crippen LogP contribution in [0, 0.1) is 5.82 Å². The molecule has 0 saturated heterocycles. The maximum Gasteiger partial charge on any atom is 0.328 e. The fourth-order valence-electron chi connectivity index (χ4n) is 2.30. The van der Waals surface area contributed by atoms with Gasteiger partial charge in [-0.15, -0.1) is 0 Å². The highest BCUT2D eigenvalue weighted by Crippen LogP contribution is 2.29. The van der Waals surface area contributed by atoms with Gasteiger partial charge in [0.2, 0.25) is 0 Å². The van der Waals surface area contributed by atoms with Crippen LogP contribution in [0.2, 0.25) is 0 Å². The number of carbonyl (C=O) groups is 1. The van der Waals surface area contributed by atoms with Crippen molar-refractivity contribution in [3.8, 4) is 0 Å². The summed E-state index contributed by atoms with van der Waals surface area (Å²) in [5, 5.41) is 0.725. The summed E-state index contributed by atoms with van der Waals surface area (Å²) in [4.78, 5) is 11.6. The quantitative estimate of drug-likeness (QED) is 0.867. The molecule has 0 aliphatic heterocycles. The molecule has 4 nitrogen and oxygen atoms in total. The number of benzene rings is 1. The molecule has 5 heteroatoms. The van der Waals surface area contributed by atoms with Gasteiger partial charge in [-0.2, -0.15) is 0 Å². The Kier molecular flexibility index (Phi) is 3.57. The molecule has 0 saturated carbocycles. The summed E-state index contributed by atoms with van der Waals surface area (Å²) in [6.45, 7) is 3.83. The van der Waals surface area contributed by atoms with Gasteiger partial charge in [0.25, 0.3) is 0 Å². The summed E-state index contributed by atoms with van der Waals surface area (Å²) in [6.07, 6.45) is 0. The van der Waals surface area contributed by atoms with Crippen LogP contribution in [0.1, 0.15) is 31.6 Å². The van der Waals surface area contributed by atoms with Crippen molar-refractivity contribution in [3.05, 3.63) is 35.8 Å². The van der Waals surface area contributed by atoms with E-state index >= 15 is 0 Å². The van der Waals surface area contributed by atoms with Crippen LogP contribution in [0.5, 0.6) is 0 Å². The highest BCUT2D eigenvalue weighted by Gasteiger charge is 2.24. The zero-order chi connectivity index (χ0) is 14.2. The number of ether oxygens (including phenoxy) is 1. The number of aromatic nitrogens is 1. The molecule has 2 N–H and O–H groups in total. The zero-order valence-electron chi connectivity index (χ0n) is 11.2. The second-order valence-electron chi connectivity index (χ2n) is 4.71. The standard InChI is InChI=1S/C14H17FN2O2/c1-8(2)17-11(12(16)14(18)19-3)7-9-5-4-6-10(15)13(9)17/h4-8,12H,16H2,1-3H3. The number of nitrogens with zero attached hydrogens (tertiary/aromatic N) is 1. The Balaban J connectivity index is 2.71. The van der Waals surface area contributed by atoms with Crippen molar-refractivity contribution in [1.29, 1.82) is 0 Å². The first-order valence-corrected chi connectivity index (χ1v) is 6.10. The first kappa shape index (κ1) is 13.5. The Bertz CT molecular complexity index is 619. The molecule has 102 valence electrons. The molecule has 0 bridgehead atoms. The van der Waals surface area contributed by atoms with E-state index in [2.05, 4.69) is 4.74 Å². The molecule has 2 rings (SSSR count). The lowest BCUT2D eigenvalue weighted by Crippen LogP contribution is -2.26. The van der Waals surface area contributed by atoms with E-state index in [1.807, 2.05) is 13.8 Å². The predicted octanol–water partition coefficient (Wildman–Crippen LogP) is 2.53. The number of hydrogen-bond acceptors (Lipinski definition) is 3. The monoisotopic (exact) mass is 264 g/mol. The molecule has 1 aromatic carbocycles. The van der Waals surface area contributed by atoms with Crippen molar-refractivity contribution in [2.24, 2.45) is 5.73 Å². The minimum absolute atomic E-state index is 0.0138. The molecule has 1 heterocycles. The molecule has 0 radical (unpaired) electrons. The average molecular weight is 264 g/mol. The third-order valence-electron chi connectivity index (χ3n) is 3.13. The summed E-state index contributed by atoms with van der Waals surface area (Å²) in [5.74, 6) is -0.861. The molecule has 0 spiro atoms. The van der Waals surface area contributed by atoms with Crippen LogP contribution in [0.25, 0.3) is 10.9 Å². The van der Waals surface area contributed by atoms with Crippen molar-refractivity contribution >= 4 is 16.9 Å². The van der Waals surface area contributed by atoms with Crippen LogP contribution in [0.15, 0.2) is 24.3 Å². The van der Waals surface area contributed by atoms with Crippen LogP contribution >= 0.6 is 0 Å². The number of carbonyl (C=O) groups excluding carboxylic acids is 1. The van der Waals surface area contributed by atoms with E-state index in [0.29, 0.717) is 11.2 Å². The van der Waals surface area contributed by atoms with Crippen LogP contribution in [-0.2, 0) is 9.53 Å². The van der Waals surface area contributed by atoms with Gasteiger partial charge in [0.05, 0.1) is 12.6 Å². The highest BCUT2D eigenvalue weighted by atomic mass is 19.1. The van der Waals surface area contributed by atoms with Gasteiger partial charge < -0.3 is 15.0 Å². The van der Waals surface area contributed by atoms with Gasteiger partial charge in [-0.25, -0.2) is 9.18 Å². The lowest BCUT2D eigenvalue weighted by atomic mass is 10.2. The fraction of sp³-hybridized carbons (Fsp3) is 0.357. The van der Waals surface area contributed by atoms with Gasteiger partial charge in [-0.1, -0.05) is 12.1 Å². The predicted molar refractivity (Wildman–Crippen MR) is 71.2 cm³/mol. The molecule has 1 unspecified atom stereocenters. The number of esters is 1. The van der Waals surface area contributed by atoms with E-state index in [1.54, 1.807) is 22.8 Å². The second kappa shape index (κ2) is 5.01. The zero-order valence-corrected chi connectivity index (χ0v) is 11.2. The van der Waals surface area contributed by atoms with Gasteiger partial charge in [0.15, 0.2) is 0 Å². The number of fused-ring (bicyclic) bond motifs is 1. The van der Waals surface area contributed by atoms with Crippen LogP contribution in [0.4, 0.5) is 4.39 Å². The molecular formula is C14H17FN2O2. The van der Waals surface area contributed by atoms with Gasteiger partial charge in [0, 0.05) is 17.1 Å². The van der Waals surface area contributed by atoms with Crippen LogP contribution in [-0.4, -0.2) is 17.6 Å². The smallest absolute Gasteiger partial charge is 0.328 e. The number of rotatable bonds is 3. The first-order chi connectivity index (χ1) is 8.97. The van der Waals surface area contributed by atoms with Crippen molar-refractivity contribution in [1.82, 2.24) is 4.57 Å². The van der Waals surface area contributed by atoms with Crippen molar-refractivity contribution in [2.45, 2.75) is 25.9 Å². The molecular weight excluding hydrogens is 247 g/mol. The Labute approximate surface area is 111 Å². The average Bonchev–Trinajstić information content (AvgIpc) is 2.77. The number of para-hydroxylation sites is 1. The molecule has 19 heavy (non-hydrogen) atoms. The lowest BCUT2D eigenvalue weighted by Gasteiger charge is -2.18. The molecule has 0 fully saturated rings. The Morgan fingerprint density at radius 3 is 2.68 bits per heavy atom. The third kappa shape index (κ3) is 2.21. The van der Waals surface area contributed by atoms with Gasteiger partial charge in [0.1, 0.15) is 11.9 Å². The Morgan fingerprint density at radius 1 is 1.42 bits per heavy atom. The molecule has 2 aromatic rings. The van der Waals surface area contributed by atoms with Crippen molar-refractivity contribution < 1.29 is 13.9 Å². The number of nitrogens with two attached hydrogens (primary N) is 1. The number of hydrogen-bond donors (Lipinski definition) is 1. The van der Waals surface area contributed by atoms with Crippen LogP contribution in [0.3, 0.4) is 0 Å². The van der Waals surface area contributed by atoms with Crippen molar-refractivity contribution in [2.75, 3.05) is 7.11 Å². The lowest BCUT2D eigenvalue weighted by molar-refractivity contribution is -0.142. The Hall–Kier alpha value is -1.88. The normalized spacial score (nSPS) is 12.9. The third-order valence-corrected chi connectivity index (χ3v) is 3.13. The van der Waals surface area contributed by atoms with Crippen molar-refractivity contribution in [3.63, 3.8) is 0 Å². The SMILES string of the molecule is COC(=O)C(N)c1cc2cccc(F)c2n1C(C)C.